The lowest BCUT2D eigenvalue weighted by molar-refractivity contribution is -0.134. The van der Waals surface area contributed by atoms with Crippen LogP contribution in [0.15, 0.2) is 65.5 Å². The summed E-state index contributed by atoms with van der Waals surface area (Å²) in [5.74, 6) is 1.16. The Hall–Kier alpha value is -4.83. The summed E-state index contributed by atoms with van der Waals surface area (Å²) < 4.78 is 17.2. The number of hydrogen-bond acceptors (Lipinski definition) is 8. The molecule has 2 atom stereocenters. The molecule has 0 spiro atoms. The fourth-order valence-electron chi connectivity index (χ4n) is 6.76. The first kappa shape index (κ1) is 35.5. The van der Waals surface area contributed by atoms with Crippen molar-refractivity contribution in [2.75, 3.05) is 59.4 Å². The first-order chi connectivity index (χ1) is 23.6. The molecule has 0 saturated carbocycles. The number of carbonyl (C=O) groups excluding carboxylic acids is 2. The number of piperazine rings is 1. The van der Waals surface area contributed by atoms with E-state index in [1.807, 2.05) is 49.1 Å². The molecule has 0 bridgehead atoms. The van der Waals surface area contributed by atoms with Crippen molar-refractivity contribution in [3.05, 3.63) is 87.6 Å². The SMILES string of the molecule is COc1cc2c(c(OC)c1OC)-c1ccc(N[C@@H](C(=O)N3CCN(C/C=C/c4ccccc4)CC3)C(C)C)c(=O)cc1[C@H](NC(C)=O)CC2. The van der Waals surface area contributed by atoms with Gasteiger partial charge in [0.15, 0.2) is 11.5 Å². The van der Waals surface area contributed by atoms with E-state index in [1.54, 1.807) is 33.5 Å². The molecule has 0 aromatic heterocycles. The number of aryl methyl sites for hydroxylation is 1. The highest BCUT2D eigenvalue weighted by Crippen LogP contribution is 2.50. The molecule has 260 valence electrons. The van der Waals surface area contributed by atoms with E-state index < -0.39 is 12.1 Å². The lowest BCUT2D eigenvalue weighted by atomic mass is 9.95. The van der Waals surface area contributed by atoms with Gasteiger partial charge in [-0.1, -0.05) is 62.4 Å². The maximum atomic E-state index is 13.9. The number of ether oxygens (including phenoxy) is 3. The normalized spacial score (nSPS) is 16.7. The van der Waals surface area contributed by atoms with E-state index in [-0.39, 0.29) is 23.2 Å². The van der Waals surface area contributed by atoms with E-state index in [1.165, 1.54) is 12.5 Å². The Labute approximate surface area is 289 Å². The van der Waals surface area contributed by atoms with Crippen molar-refractivity contribution in [3.63, 3.8) is 0 Å². The van der Waals surface area contributed by atoms with Gasteiger partial charge in [0, 0.05) is 45.2 Å². The summed E-state index contributed by atoms with van der Waals surface area (Å²) in [4.78, 5) is 44.4. The van der Waals surface area contributed by atoms with Crippen LogP contribution in [0.1, 0.15) is 49.9 Å². The van der Waals surface area contributed by atoms with Crippen LogP contribution in [-0.2, 0) is 16.0 Å². The number of amides is 2. The van der Waals surface area contributed by atoms with E-state index in [4.69, 9.17) is 14.2 Å². The second kappa shape index (κ2) is 16.0. The minimum Gasteiger partial charge on any atom is -0.493 e. The van der Waals surface area contributed by atoms with Gasteiger partial charge in [-0.15, -0.1) is 0 Å². The van der Waals surface area contributed by atoms with Crippen molar-refractivity contribution in [2.24, 2.45) is 5.92 Å². The lowest BCUT2D eigenvalue weighted by Crippen LogP contribution is -2.54. The van der Waals surface area contributed by atoms with Crippen LogP contribution in [0, 0.1) is 5.92 Å². The molecular weight excluding hydrogens is 620 g/mol. The Kier molecular flexibility index (Phi) is 11.6. The zero-order valence-corrected chi connectivity index (χ0v) is 29.4. The number of benzene rings is 2. The summed E-state index contributed by atoms with van der Waals surface area (Å²) in [6.07, 6.45) is 5.45. The van der Waals surface area contributed by atoms with Crippen LogP contribution in [0.25, 0.3) is 17.2 Å². The van der Waals surface area contributed by atoms with Crippen LogP contribution in [0.3, 0.4) is 0 Å². The van der Waals surface area contributed by atoms with Crippen molar-refractivity contribution >= 4 is 23.6 Å². The fraction of sp³-hybridized carbons (Fsp3) is 0.410. The molecule has 1 aliphatic heterocycles. The van der Waals surface area contributed by atoms with E-state index in [0.717, 1.165) is 36.3 Å². The molecule has 2 N–H and O–H groups in total. The molecule has 10 nitrogen and oxygen atoms in total. The van der Waals surface area contributed by atoms with Gasteiger partial charge in [0.05, 0.1) is 33.1 Å². The monoisotopic (exact) mass is 668 g/mol. The van der Waals surface area contributed by atoms with Gasteiger partial charge in [-0.2, -0.15) is 0 Å². The van der Waals surface area contributed by atoms with Gasteiger partial charge in [0.25, 0.3) is 0 Å². The zero-order chi connectivity index (χ0) is 35.1. The highest BCUT2D eigenvalue weighted by Gasteiger charge is 2.32. The van der Waals surface area contributed by atoms with Crippen LogP contribution < -0.4 is 30.3 Å². The number of carbonyl (C=O) groups is 2. The summed E-state index contributed by atoms with van der Waals surface area (Å²) in [5.41, 5.74) is 4.33. The van der Waals surface area contributed by atoms with Crippen LogP contribution in [-0.4, -0.2) is 81.7 Å². The van der Waals surface area contributed by atoms with E-state index in [2.05, 4.69) is 39.8 Å². The molecular formula is C39H48N4O6. The molecule has 5 rings (SSSR count). The molecule has 1 aliphatic carbocycles. The summed E-state index contributed by atoms with van der Waals surface area (Å²) >= 11 is 0. The smallest absolute Gasteiger partial charge is 0.245 e. The molecule has 0 radical (unpaired) electrons. The molecule has 0 unspecified atom stereocenters. The summed E-state index contributed by atoms with van der Waals surface area (Å²) in [7, 11) is 4.70. The Morgan fingerprint density at radius 1 is 0.939 bits per heavy atom. The highest BCUT2D eigenvalue weighted by atomic mass is 16.5. The van der Waals surface area contributed by atoms with Gasteiger partial charge in [-0.05, 0) is 59.2 Å². The average molecular weight is 669 g/mol. The number of methoxy groups -OCH3 is 3. The van der Waals surface area contributed by atoms with Crippen molar-refractivity contribution in [3.8, 4) is 28.4 Å². The molecule has 49 heavy (non-hydrogen) atoms. The van der Waals surface area contributed by atoms with Crippen LogP contribution in [0.2, 0.25) is 0 Å². The Bertz CT molecular complexity index is 1730. The third kappa shape index (κ3) is 8.08. The predicted octanol–water partition coefficient (Wildman–Crippen LogP) is 5.16. The molecule has 10 heteroatoms. The Balaban J connectivity index is 1.42. The van der Waals surface area contributed by atoms with Crippen molar-refractivity contribution < 1.29 is 23.8 Å². The van der Waals surface area contributed by atoms with E-state index in [9.17, 15) is 14.4 Å². The zero-order valence-electron chi connectivity index (χ0n) is 29.4. The maximum Gasteiger partial charge on any atom is 0.245 e. The summed E-state index contributed by atoms with van der Waals surface area (Å²) in [6, 6.07) is 16.3. The van der Waals surface area contributed by atoms with E-state index in [0.29, 0.717) is 54.4 Å². The topological polar surface area (TPSA) is 109 Å². The molecule has 3 aromatic rings. The summed E-state index contributed by atoms with van der Waals surface area (Å²) in [5, 5.41) is 6.37. The molecule has 1 saturated heterocycles. The molecule has 1 heterocycles. The average Bonchev–Trinajstić information content (AvgIpc) is 3.34. The minimum atomic E-state index is -0.600. The van der Waals surface area contributed by atoms with Gasteiger partial charge in [-0.3, -0.25) is 19.3 Å². The second-order valence-electron chi connectivity index (χ2n) is 12.9. The Morgan fingerprint density at radius 3 is 2.29 bits per heavy atom. The van der Waals surface area contributed by atoms with Crippen molar-refractivity contribution in [1.29, 1.82) is 0 Å². The van der Waals surface area contributed by atoms with Gasteiger partial charge >= 0.3 is 0 Å². The predicted molar refractivity (Wildman–Crippen MR) is 193 cm³/mol. The van der Waals surface area contributed by atoms with Crippen LogP contribution in [0.5, 0.6) is 17.2 Å². The molecule has 2 amide bonds. The van der Waals surface area contributed by atoms with Gasteiger partial charge < -0.3 is 29.7 Å². The van der Waals surface area contributed by atoms with Crippen molar-refractivity contribution in [1.82, 2.24) is 15.1 Å². The molecule has 3 aromatic carbocycles. The Morgan fingerprint density at radius 2 is 1.65 bits per heavy atom. The fourth-order valence-corrected chi connectivity index (χ4v) is 6.76. The van der Waals surface area contributed by atoms with Crippen molar-refractivity contribution in [2.45, 2.75) is 45.7 Å². The minimum absolute atomic E-state index is 0.0260. The highest BCUT2D eigenvalue weighted by molar-refractivity contribution is 5.86. The number of fused-ring (bicyclic) bond motifs is 3. The third-order valence-corrected chi connectivity index (χ3v) is 9.32. The lowest BCUT2D eigenvalue weighted by Gasteiger charge is -2.37. The third-order valence-electron chi connectivity index (χ3n) is 9.32. The number of nitrogens with one attached hydrogen (secondary N) is 2. The first-order valence-electron chi connectivity index (χ1n) is 16.9. The largest absolute Gasteiger partial charge is 0.493 e. The second-order valence-corrected chi connectivity index (χ2v) is 12.9. The quantitative estimate of drug-likeness (QED) is 0.289. The van der Waals surface area contributed by atoms with Gasteiger partial charge in [0.2, 0.25) is 23.0 Å². The van der Waals surface area contributed by atoms with E-state index >= 15 is 0 Å². The van der Waals surface area contributed by atoms with Gasteiger partial charge in [-0.25, -0.2) is 0 Å². The maximum absolute atomic E-state index is 13.9. The molecule has 1 fully saturated rings. The number of anilines is 1. The van der Waals surface area contributed by atoms with Gasteiger partial charge in [0.1, 0.15) is 6.04 Å². The first-order valence-corrected chi connectivity index (χ1v) is 16.9. The standard InChI is InChI=1S/C39H48N4O6/c1-25(2)36(39(46)43-21-19-42(20-22-43)18-10-13-27-11-8-7-9-12-27)41-32-17-15-29-30(24-33(32)45)31(40-26(3)44)16-14-28-23-34(47-4)37(48-5)38(49-6)35(28)29/h7-13,15,17,23-25,31,36H,14,16,18-22H2,1-6H3,(H,40,44)(H,41,45)/b13-10+/t31-,36-/m1/s1. The number of rotatable bonds is 11. The molecule has 2 aliphatic rings. The summed E-state index contributed by atoms with van der Waals surface area (Å²) in [6.45, 7) is 9.03. The van der Waals surface area contributed by atoms with Crippen LogP contribution >= 0.6 is 0 Å². The number of nitrogens with zero attached hydrogens (tertiary/aromatic N) is 2. The van der Waals surface area contributed by atoms with Crippen LogP contribution in [0.4, 0.5) is 5.69 Å². The number of hydrogen-bond donors (Lipinski definition) is 2.